The van der Waals surface area contributed by atoms with Crippen molar-refractivity contribution in [3.05, 3.63) is 15.8 Å². The Labute approximate surface area is 119 Å². The molecule has 1 aromatic rings. The molecule has 0 saturated heterocycles. The van der Waals surface area contributed by atoms with Crippen molar-refractivity contribution in [2.75, 3.05) is 20.2 Å². The smallest absolute Gasteiger partial charge is 0.242 e. The van der Waals surface area contributed by atoms with Gasteiger partial charge in [-0.3, -0.25) is 0 Å². The fourth-order valence-corrected chi connectivity index (χ4v) is 4.48. The Morgan fingerprint density at radius 2 is 2.16 bits per heavy atom. The molecule has 0 spiro atoms. The van der Waals surface area contributed by atoms with Crippen molar-refractivity contribution in [2.24, 2.45) is 0 Å². The number of ether oxygens (including phenoxy) is 1. The van der Waals surface area contributed by atoms with Gasteiger partial charge in [0.1, 0.15) is 4.90 Å². The van der Waals surface area contributed by atoms with E-state index in [1.807, 2.05) is 26.2 Å². The van der Waals surface area contributed by atoms with E-state index in [9.17, 15) is 8.42 Å². The number of methoxy groups -OCH3 is 1. The average Bonchev–Trinajstić information content (AvgIpc) is 2.75. The SMILES string of the molecule is CCNCc1scc(C)c1S(=O)(=O)NCC(C)OC. The van der Waals surface area contributed by atoms with Gasteiger partial charge in [-0.05, 0) is 31.3 Å². The van der Waals surface area contributed by atoms with Crippen LogP contribution in [-0.4, -0.2) is 34.7 Å². The Morgan fingerprint density at radius 3 is 2.74 bits per heavy atom. The third-order valence-electron chi connectivity index (χ3n) is 2.76. The normalized spacial score (nSPS) is 13.7. The van der Waals surface area contributed by atoms with Crippen LogP contribution in [0.2, 0.25) is 0 Å². The van der Waals surface area contributed by atoms with E-state index in [0.29, 0.717) is 11.4 Å². The summed E-state index contributed by atoms with van der Waals surface area (Å²) in [4.78, 5) is 1.25. The van der Waals surface area contributed by atoms with Crippen LogP contribution < -0.4 is 10.0 Å². The summed E-state index contributed by atoms with van der Waals surface area (Å²) in [5.41, 5.74) is 0.787. The molecular weight excluding hydrogens is 284 g/mol. The van der Waals surface area contributed by atoms with Crippen molar-refractivity contribution in [1.82, 2.24) is 10.0 Å². The van der Waals surface area contributed by atoms with Crippen LogP contribution in [0, 0.1) is 6.92 Å². The monoisotopic (exact) mass is 306 g/mol. The standard InChI is InChI=1S/C12H22N2O3S2/c1-5-13-7-11-12(9(2)8-18-11)19(15,16)14-6-10(3)17-4/h8,10,13-14H,5-7H2,1-4H3. The number of hydrogen-bond acceptors (Lipinski definition) is 5. The molecule has 0 bridgehead atoms. The van der Waals surface area contributed by atoms with E-state index >= 15 is 0 Å². The van der Waals surface area contributed by atoms with E-state index in [0.717, 1.165) is 17.0 Å². The lowest BCUT2D eigenvalue weighted by atomic mass is 10.3. The fourth-order valence-electron chi connectivity index (χ4n) is 1.59. The molecule has 0 amide bonds. The number of nitrogens with one attached hydrogen (secondary N) is 2. The highest BCUT2D eigenvalue weighted by molar-refractivity contribution is 7.89. The third kappa shape index (κ3) is 4.54. The Morgan fingerprint density at radius 1 is 1.47 bits per heavy atom. The van der Waals surface area contributed by atoms with Crippen LogP contribution in [0.5, 0.6) is 0 Å². The molecule has 1 atom stereocenters. The summed E-state index contributed by atoms with van der Waals surface area (Å²) in [5.74, 6) is 0. The van der Waals surface area contributed by atoms with Crippen molar-refractivity contribution in [3.63, 3.8) is 0 Å². The molecule has 110 valence electrons. The zero-order chi connectivity index (χ0) is 14.5. The highest BCUT2D eigenvalue weighted by Gasteiger charge is 2.23. The van der Waals surface area contributed by atoms with Gasteiger partial charge in [0.05, 0.1) is 6.10 Å². The van der Waals surface area contributed by atoms with E-state index in [1.165, 1.54) is 11.3 Å². The summed E-state index contributed by atoms with van der Waals surface area (Å²) in [6.07, 6.45) is -0.147. The lowest BCUT2D eigenvalue weighted by Gasteiger charge is -2.12. The first-order valence-corrected chi connectivity index (χ1v) is 8.58. The van der Waals surface area contributed by atoms with Crippen LogP contribution in [0.4, 0.5) is 0 Å². The molecular formula is C12H22N2O3S2. The average molecular weight is 306 g/mol. The summed E-state index contributed by atoms with van der Waals surface area (Å²) < 4.78 is 32.3. The van der Waals surface area contributed by atoms with Gasteiger partial charge >= 0.3 is 0 Å². The molecule has 7 heteroatoms. The minimum absolute atomic E-state index is 0.147. The number of sulfonamides is 1. The maximum absolute atomic E-state index is 12.3. The van der Waals surface area contributed by atoms with Crippen molar-refractivity contribution in [1.29, 1.82) is 0 Å². The Bertz CT molecular complexity index is 497. The van der Waals surface area contributed by atoms with E-state index < -0.39 is 10.0 Å². The summed E-state index contributed by atoms with van der Waals surface area (Å²) in [6.45, 7) is 7.29. The molecule has 19 heavy (non-hydrogen) atoms. The molecule has 0 aliphatic heterocycles. The van der Waals surface area contributed by atoms with Gasteiger partial charge in [-0.2, -0.15) is 0 Å². The first-order chi connectivity index (χ1) is 8.92. The zero-order valence-corrected chi connectivity index (χ0v) is 13.5. The summed E-state index contributed by atoms with van der Waals surface area (Å²) >= 11 is 1.47. The third-order valence-corrected chi connectivity index (χ3v) is 5.64. The second-order valence-electron chi connectivity index (χ2n) is 4.35. The van der Waals surface area contributed by atoms with Crippen LogP contribution in [0.25, 0.3) is 0 Å². The van der Waals surface area contributed by atoms with Crippen LogP contribution in [0.15, 0.2) is 10.3 Å². The molecule has 0 fully saturated rings. The van der Waals surface area contributed by atoms with Crippen molar-refractivity contribution >= 4 is 21.4 Å². The molecule has 0 aromatic carbocycles. The number of rotatable bonds is 8. The van der Waals surface area contributed by atoms with Crippen molar-refractivity contribution in [2.45, 2.75) is 38.3 Å². The van der Waals surface area contributed by atoms with E-state index in [4.69, 9.17) is 4.74 Å². The van der Waals surface area contributed by atoms with Gasteiger partial charge < -0.3 is 10.1 Å². The van der Waals surface area contributed by atoms with Crippen LogP contribution in [0.1, 0.15) is 24.3 Å². The summed E-state index contributed by atoms with van der Waals surface area (Å²) in [5, 5.41) is 5.04. The molecule has 1 heterocycles. The molecule has 2 N–H and O–H groups in total. The molecule has 0 aliphatic rings. The van der Waals surface area contributed by atoms with Crippen molar-refractivity contribution in [3.8, 4) is 0 Å². The van der Waals surface area contributed by atoms with E-state index in [1.54, 1.807) is 7.11 Å². The Balaban J connectivity index is 2.90. The van der Waals surface area contributed by atoms with E-state index in [2.05, 4.69) is 10.0 Å². The number of thiophene rings is 1. The minimum Gasteiger partial charge on any atom is -0.380 e. The quantitative estimate of drug-likeness (QED) is 0.763. The van der Waals surface area contributed by atoms with Gasteiger partial charge in [-0.1, -0.05) is 6.92 Å². The molecule has 0 aliphatic carbocycles. The maximum Gasteiger partial charge on any atom is 0.242 e. The van der Waals surface area contributed by atoms with Crippen LogP contribution in [-0.2, 0) is 21.3 Å². The van der Waals surface area contributed by atoms with Gasteiger partial charge in [-0.25, -0.2) is 13.1 Å². The highest BCUT2D eigenvalue weighted by Crippen LogP contribution is 2.26. The minimum atomic E-state index is -3.47. The molecule has 0 saturated carbocycles. The number of aryl methyl sites for hydroxylation is 1. The number of hydrogen-bond donors (Lipinski definition) is 2. The predicted molar refractivity (Wildman–Crippen MR) is 78.1 cm³/mol. The van der Waals surface area contributed by atoms with Crippen LogP contribution >= 0.6 is 11.3 Å². The lowest BCUT2D eigenvalue weighted by molar-refractivity contribution is 0.122. The molecule has 1 aromatic heterocycles. The molecule has 1 rings (SSSR count). The first kappa shape index (κ1) is 16.6. The Hall–Kier alpha value is -0.470. The molecule has 1 unspecified atom stereocenters. The fraction of sp³-hybridized carbons (Fsp3) is 0.667. The van der Waals surface area contributed by atoms with Crippen molar-refractivity contribution < 1.29 is 13.2 Å². The van der Waals surface area contributed by atoms with Gasteiger partial charge in [0, 0.05) is 25.1 Å². The van der Waals surface area contributed by atoms with Gasteiger partial charge in [0.15, 0.2) is 0 Å². The topological polar surface area (TPSA) is 67.4 Å². The maximum atomic E-state index is 12.3. The second kappa shape index (κ2) is 7.35. The largest absolute Gasteiger partial charge is 0.380 e. The Kier molecular flexibility index (Phi) is 6.41. The molecule has 5 nitrogen and oxygen atoms in total. The summed E-state index contributed by atoms with van der Waals surface area (Å²) in [6, 6.07) is 0. The lowest BCUT2D eigenvalue weighted by Crippen LogP contribution is -2.32. The van der Waals surface area contributed by atoms with Crippen LogP contribution in [0.3, 0.4) is 0 Å². The highest BCUT2D eigenvalue weighted by atomic mass is 32.2. The first-order valence-electron chi connectivity index (χ1n) is 6.22. The second-order valence-corrected chi connectivity index (χ2v) is 7.02. The zero-order valence-electron chi connectivity index (χ0n) is 11.8. The van der Waals surface area contributed by atoms with E-state index in [-0.39, 0.29) is 12.6 Å². The molecule has 0 radical (unpaired) electrons. The summed E-state index contributed by atoms with van der Waals surface area (Å²) in [7, 11) is -1.91. The van der Waals surface area contributed by atoms with Gasteiger partial charge in [0.25, 0.3) is 0 Å². The predicted octanol–water partition coefficient (Wildman–Crippen LogP) is 1.48. The van der Waals surface area contributed by atoms with Gasteiger partial charge in [-0.15, -0.1) is 11.3 Å². The van der Waals surface area contributed by atoms with Gasteiger partial charge in [0.2, 0.25) is 10.0 Å².